The van der Waals surface area contributed by atoms with Gasteiger partial charge in [-0.05, 0) is 47.5 Å². The van der Waals surface area contributed by atoms with Crippen LogP contribution in [0.2, 0.25) is 5.02 Å². The number of carbonyl (C=O) groups excluding carboxylic acids is 3. The molecular weight excluding hydrogens is 542 g/mol. The molecule has 1 aliphatic heterocycles. The molecule has 0 bridgehead atoms. The highest BCUT2D eigenvalue weighted by atomic mass is 35.5. The minimum atomic E-state index is -2.28. The summed E-state index contributed by atoms with van der Waals surface area (Å²) in [5.74, 6) is -2.70. The van der Waals surface area contributed by atoms with Crippen LogP contribution in [0.3, 0.4) is 0 Å². The van der Waals surface area contributed by atoms with Gasteiger partial charge in [-0.2, -0.15) is 0 Å². The van der Waals surface area contributed by atoms with Crippen molar-refractivity contribution >= 4 is 34.9 Å². The van der Waals surface area contributed by atoms with Crippen molar-refractivity contribution < 1.29 is 28.6 Å². The lowest BCUT2D eigenvalue weighted by atomic mass is 9.93. The number of carbonyl (C=O) groups is 3. The quantitative estimate of drug-likeness (QED) is 0.178. The number of nitrogens with zero attached hydrogens (tertiary/aromatic N) is 1. The molecule has 0 saturated heterocycles. The molecule has 0 spiro atoms. The summed E-state index contributed by atoms with van der Waals surface area (Å²) in [6.45, 7) is 0. The SMILES string of the molecule is COC(=O)[C@]1(OC)C(C(=O)c2ccc(Cl)cc2)=C(OC(c2ccccc2)c2ccccc2)C(=O)N1c1ccccc1. The third-order valence-electron chi connectivity index (χ3n) is 6.82. The zero-order chi connectivity index (χ0) is 29.0. The molecule has 0 fully saturated rings. The first-order valence-electron chi connectivity index (χ1n) is 12.8. The number of halogens is 1. The molecule has 4 aromatic rings. The van der Waals surface area contributed by atoms with Gasteiger partial charge in [0.05, 0.1) is 7.11 Å². The molecule has 0 N–H and O–H groups in total. The molecule has 0 unspecified atom stereocenters. The highest BCUT2D eigenvalue weighted by Gasteiger charge is 2.63. The normalized spacial score (nSPS) is 16.7. The predicted octanol–water partition coefficient (Wildman–Crippen LogP) is 6.15. The Bertz CT molecular complexity index is 1550. The van der Waals surface area contributed by atoms with Crippen molar-refractivity contribution in [3.63, 3.8) is 0 Å². The van der Waals surface area contributed by atoms with Crippen LogP contribution in [0.4, 0.5) is 5.69 Å². The van der Waals surface area contributed by atoms with Gasteiger partial charge < -0.3 is 14.2 Å². The molecule has 0 radical (unpaired) electrons. The first-order chi connectivity index (χ1) is 19.9. The number of hydrogen-bond donors (Lipinski definition) is 0. The highest BCUT2D eigenvalue weighted by molar-refractivity contribution is 6.31. The Kier molecular flexibility index (Phi) is 8.01. The number of para-hydroxylation sites is 1. The van der Waals surface area contributed by atoms with Gasteiger partial charge in [-0.15, -0.1) is 0 Å². The molecule has 0 aliphatic carbocycles. The summed E-state index contributed by atoms with van der Waals surface area (Å²) in [5.41, 5.74) is -0.639. The number of hydrogen-bond acceptors (Lipinski definition) is 6. The summed E-state index contributed by atoms with van der Waals surface area (Å²) in [6.07, 6.45) is -0.799. The fourth-order valence-electron chi connectivity index (χ4n) is 4.92. The average molecular weight is 568 g/mol. The third kappa shape index (κ3) is 5.01. The minimum Gasteiger partial charge on any atom is -0.475 e. The lowest BCUT2D eigenvalue weighted by Gasteiger charge is -2.35. The Morgan fingerprint density at radius 1 is 0.756 bits per heavy atom. The van der Waals surface area contributed by atoms with Crippen molar-refractivity contribution in [2.75, 3.05) is 19.1 Å². The molecule has 1 atom stereocenters. The van der Waals surface area contributed by atoms with Crippen LogP contribution in [0.25, 0.3) is 0 Å². The molecule has 7 nitrogen and oxygen atoms in total. The van der Waals surface area contributed by atoms with Gasteiger partial charge in [-0.25, -0.2) is 4.79 Å². The van der Waals surface area contributed by atoms with E-state index in [1.807, 2.05) is 60.7 Å². The van der Waals surface area contributed by atoms with Crippen molar-refractivity contribution in [2.45, 2.75) is 11.8 Å². The molecule has 0 aromatic heterocycles. The molecular formula is C33H26ClNO6. The zero-order valence-electron chi connectivity index (χ0n) is 22.3. The smallest absolute Gasteiger partial charge is 0.365 e. The first kappa shape index (κ1) is 27.8. The van der Waals surface area contributed by atoms with Gasteiger partial charge in [0, 0.05) is 23.4 Å². The van der Waals surface area contributed by atoms with Crippen molar-refractivity contribution in [3.05, 3.63) is 148 Å². The van der Waals surface area contributed by atoms with Gasteiger partial charge in [-0.3, -0.25) is 14.5 Å². The van der Waals surface area contributed by atoms with E-state index in [0.717, 1.165) is 23.1 Å². The standard InChI is InChI=1S/C33H26ClNO6/c1-39-32(38)33(40-2)27(28(36)22-18-20-25(34)21-19-22)30(31(37)35(33)26-16-10-5-11-17-26)41-29(23-12-6-3-7-13-23)24-14-8-4-9-15-24/h3-21,29H,1-2H3/t33-/m1/s1. The van der Waals surface area contributed by atoms with E-state index in [0.29, 0.717) is 10.7 Å². The second-order valence-electron chi connectivity index (χ2n) is 9.18. The van der Waals surface area contributed by atoms with E-state index in [1.54, 1.807) is 42.5 Å². The molecule has 0 saturated carbocycles. The molecule has 41 heavy (non-hydrogen) atoms. The lowest BCUT2D eigenvalue weighted by Crippen LogP contribution is -2.57. The van der Waals surface area contributed by atoms with E-state index in [1.165, 1.54) is 19.2 Å². The molecule has 1 amide bonds. The van der Waals surface area contributed by atoms with Crippen molar-refractivity contribution in [2.24, 2.45) is 0 Å². The Labute approximate surface area is 242 Å². The number of Topliss-reactive ketones (excluding diaryl/α,β-unsaturated/α-hetero) is 1. The number of anilines is 1. The minimum absolute atomic E-state index is 0.175. The van der Waals surface area contributed by atoms with Crippen molar-refractivity contribution in [3.8, 4) is 0 Å². The summed E-state index contributed by atoms with van der Waals surface area (Å²) in [5, 5.41) is 0.416. The van der Waals surface area contributed by atoms with Gasteiger partial charge in [0.15, 0.2) is 11.5 Å². The van der Waals surface area contributed by atoms with Crippen molar-refractivity contribution in [1.29, 1.82) is 0 Å². The van der Waals surface area contributed by atoms with E-state index < -0.39 is 29.5 Å². The van der Waals surface area contributed by atoms with Gasteiger partial charge in [0.2, 0.25) is 0 Å². The molecule has 5 rings (SSSR count). The van der Waals surface area contributed by atoms with E-state index in [2.05, 4.69) is 0 Å². The van der Waals surface area contributed by atoms with Crippen LogP contribution >= 0.6 is 11.6 Å². The topological polar surface area (TPSA) is 82.1 Å². The Balaban J connectivity index is 1.78. The average Bonchev–Trinajstić information content (AvgIpc) is 3.28. The van der Waals surface area contributed by atoms with Crippen LogP contribution in [0.1, 0.15) is 27.6 Å². The van der Waals surface area contributed by atoms with Gasteiger partial charge in [0.1, 0.15) is 11.7 Å². The number of rotatable bonds is 9. The Hall–Kier alpha value is -4.72. The van der Waals surface area contributed by atoms with Crippen LogP contribution < -0.4 is 4.90 Å². The van der Waals surface area contributed by atoms with Gasteiger partial charge in [-0.1, -0.05) is 90.5 Å². The van der Waals surface area contributed by atoms with E-state index in [9.17, 15) is 14.4 Å². The largest absolute Gasteiger partial charge is 0.475 e. The molecule has 8 heteroatoms. The number of esters is 1. The first-order valence-corrected chi connectivity index (χ1v) is 13.1. The van der Waals surface area contributed by atoms with Crippen LogP contribution in [-0.2, 0) is 23.8 Å². The lowest BCUT2D eigenvalue weighted by molar-refractivity contribution is -0.161. The van der Waals surface area contributed by atoms with Gasteiger partial charge >= 0.3 is 5.97 Å². The zero-order valence-corrected chi connectivity index (χ0v) is 23.1. The number of amides is 1. The molecule has 1 heterocycles. The number of methoxy groups -OCH3 is 2. The molecule has 206 valence electrons. The number of benzene rings is 4. The maximum Gasteiger partial charge on any atom is 0.365 e. The number of ether oxygens (including phenoxy) is 3. The summed E-state index contributed by atoms with van der Waals surface area (Å²) >= 11 is 6.08. The monoisotopic (exact) mass is 567 g/mol. The maximum atomic E-state index is 14.4. The van der Waals surface area contributed by atoms with Crippen LogP contribution in [0, 0.1) is 0 Å². The maximum absolute atomic E-state index is 14.4. The van der Waals surface area contributed by atoms with E-state index in [-0.39, 0.29) is 16.9 Å². The predicted molar refractivity (Wildman–Crippen MR) is 154 cm³/mol. The van der Waals surface area contributed by atoms with E-state index in [4.69, 9.17) is 25.8 Å². The third-order valence-corrected chi connectivity index (χ3v) is 7.08. The summed E-state index contributed by atoms with van der Waals surface area (Å²) < 4.78 is 17.5. The summed E-state index contributed by atoms with van der Waals surface area (Å²) in [7, 11) is 2.40. The molecule has 1 aliphatic rings. The Morgan fingerprint density at radius 2 is 1.27 bits per heavy atom. The Morgan fingerprint density at radius 3 is 1.76 bits per heavy atom. The van der Waals surface area contributed by atoms with E-state index >= 15 is 0 Å². The van der Waals surface area contributed by atoms with Gasteiger partial charge in [0.25, 0.3) is 11.6 Å². The second-order valence-corrected chi connectivity index (χ2v) is 9.61. The second kappa shape index (κ2) is 11.8. The molecule has 4 aromatic carbocycles. The number of ketones is 1. The summed E-state index contributed by atoms with van der Waals surface area (Å²) in [6, 6.07) is 33.1. The summed E-state index contributed by atoms with van der Waals surface area (Å²) in [4.78, 5) is 43.4. The van der Waals surface area contributed by atoms with Crippen molar-refractivity contribution in [1.82, 2.24) is 0 Å². The fraction of sp³-hybridized carbons (Fsp3) is 0.121. The van der Waals surface area contributed by atoms with Crippen LogP contribution in [-0.4, -0.2) is 37.6 Å². The highest BCUT2D eigenvalue weighted by Crippen LogP contribution is 2.45. The fourth-order valence-corrected chi connectivity index (χ4v) is 5.04. The van der Waals surface area contributed by atoms with Crippen LogP contribution in [0.5, 0.6) is 0 Å². The van der Waals surface area contributed by atoms with Crippen LogP contribution in [0.15, 0.2) is 127 Å².